The standard InChI is InChI=1S/C14H9I2N3O4/c15-11-4-8(5-12(16)13(11)20)7-17-18-14(21)9-2-1-3-10(6-9)19(22)23/h1-7,20H,(H,18,21)/b17-7+. The van der Waals surface area contributed by atoms with Crippen LogP contribution >= 0.6 is 45.2 Å². The molecule has 0 radical (unpaired) electrons. The Morgan fingerprint density at radius 3 is 2.52 bits per heavy atom. The number of non-ortho nitro benzene ring substituents is 1. The van der Waals surface area contributed by atoms with Gasteiger partial charge in [0.15, 0.2) is 0 Å². The molecule has 9 heteroatoms. The minimum absolute atomic E-state index is 0.145. The van der Waals surface area contributed by atoms with Gasteiger partial charge >= 0.3 is 0 Å². The van der Waals surface area contributed by atoms with Crippen molar-refractivity contribution in [2.45, 2.75) is 0 Å². The number of aromatic hydroxyl groups is 1. The summed E-state index contributed by atoms with van der Waals surface area (Å²) in [5.41, 5.74) is 2.99. The van der Waals surface area contributed by atoms with Crippen molar-refractivity contribution >= 4 is 63.0 Å². The summed E-state index contributed by atoms with van der Waals surface area (Å²) in [6, 6.07) is 8.80. The third-order valence-electron chi connectivity index (χ3n) is 2.74. The van der Waals surface area contributed by atoms with Crippen LogP contribution in [0.4, 0.5) is 5.69 Å². The summed E-state index contributed by atoms with van der Waals surface area (Å²) in [5, 5.41) is 24.2. The van der Waals surface area contributed by atoms with Crippen molar-refractivity contribution in [1.82, 2.24) is 5.43 Å². The van der Waals surface area contributed by atoms with Crippen LogP contribution in [0.25, 0.3) is 0 Å². The Kier molecular flexibility index (Phi) is 5.87. The molecule has 0 unspecified atom stereocenters. The van der Waals surface area contributed by atoms with Gasteiger partial charge in [0.25, 0.3) is 11.6 Å². The number of rotatable bonds is 4. The predicted molar refractivity (Wildman–Crippen MR) is 102 cm³/mol. The third-order valence-corrected chi connectivity index (χ3v) is 4.38. The minimum atomic E-state index is -0.569. The summed E-state index contributed by atoms with van der Waals surface area (Å²) in [7, 11) is 0. The zero-order valence-electron chi connectivity index (χ0n) is 11.4. The summed E-state index contributed by atoms with van der Waals surface area (Å²) in [6.45, 7) is 0. The Morgan fingerprint density at radius 2 is 1.91 bits per heavy atom. The van der Waals surface area contributed by atoms with E-state index < -0.39 is 10.8 Å². The molecular formula is C14H9I2N3O4. The van der Waals surface area contributed by atoms with E-state index in [9.17, 15) is 20.0 Å². The molecule has 118 valence electrons. The largest absolute Gasteiger partial charge is 0.506 e. The average molecular weight is 537 g/mol. The Morgan fingerprint density at radius 1 is 1.26 bits per heavy atom. The van der Waals surface area contributed by atoms with Crippen LogP contribution in [0.3, 0.4) is 0 Å². The lowest BCUT2D eigenvalue weighted by molar-refractivity contribution is -0.384. The van der Waals surface area contributed by atoms with Gasteiger partial charge in [-0.3, -0.25) is 14.9 Å². The fourth-order valence-electron chi connectivity index (χ4n) is 1.65. The number of amides is 1. The molecule has 0 atom stereocenters. The van der Waals surface area contributed by atoms with Crippen molar-refractivity contribution < 1.29 is 14.8 Å². The topological polar surface area (TPSA) is 105 Å². The van der Waals surface area contributed by atoms with Crippen LogP contribution in [-0.4, -0.2) is 22.2 Å². The monoisotopic (exact) mass is 537 g/mol. The number of nitrogens with one attached hydrogen (secondary N) is 1. The SMILES string of the molecule is O=C(N/N=C/c1cc(I)c(O)c(I)c1)c1cccc([N+](=O)[O-])c1. The number of carbonyl (C=O) groups excluding carboxylic acids is 1. The normalized spacial score (nSPS) is 10.7. The van der Waals surface area contributed by atoms with Crippen LogP contribution in [0.1, 0.15) is 15.9 Å². The van der Waals surface area contributed by atoms with E-state index >= 15 is 0 Å². The number of hydrogen-bond donors (Lipinski definition) is 2. The summed E-state index contributed by atoms with van der Waals surface area (Å²) >= 11 is 3.98. The summed E-state index contributed by atoms with van der Waals surface area (Å²) in [4.78, 5) is 22.0. The lowest BCUT2D eigenvalue weighted by Crippen LogP contribution is -2.17. The third kappa shape index (κ3) is 4.60. The van der Waals surface area contributed by atoms with Crippen LogP contribution in [0.15, 0.2) is 41.5 Å². The van der Waals surface area contributed by atoms with Crippen molar-refractivity contribution in [3.8, 4) is 5.75 Å². The number of hydrogen-bond acceptors (Lipinski definition) is 5. The first-order chi connectivity index (χ1) is 10.9. The quantitative estimate of drug-likeness (QED) is 0.271. The first-order valence-corrected chi connectivity index (χ1v) is 8.30. The predicted octanol–water partition coefficient (Wildman–Crippen LogP) is 3.27. The minimum Gasteiger partial charge on any atom is -0.506 e. The van der Waals surface area contributed by atoms with E-state index in [4.69, 9.17) is 0 Å². The molecule has 2 N–H and O–H groups in total. The molecule has 0 aliphatic heterocycles. The molecule has 0 aliphatic carbocycles. The molecule has 0 saturated carbocycles. The second-order valence-corrected chi connectivity index (χ2v) is 6.66. The van der Waals surface area contributed by atoms with Crippen molar-refractivity contribution in [2.75, 3.05) is 0 Å². The highest BCUT2D eigenvalue weighted by molar-refractivity contribution is 14.1. The highest BCUT2D eigenvalue weighted by atomic mass is 127. The van der Waals surface area contributed by atoms with Gasteiger partial charge in [0, 0.05) is 17.7 Å². The van der Waals surface area contributed by atoms with Gasteiger partial charge in [0.1, 0.15) is 5.75 Å². The van der Waals surface area contributed by atoms with Gasteiger partial charge in [-0.25, -0.2) is 5.43 Å². The maximum absolute atomic E-state index is 11.9. The number of phenolic OH excluding ortho intramolecular Hbond substituents is 1. The smallest absolute Gasteiger partial charge is 0.271 e. The van der Waals surface area contributed by atoms with Gasteiger partial charge in [-0.1, -0.05) is 6.07 Å². The maximum atomic E-state index is 11.9. The Labute approximate surface area is 158 Å². The first-order valence-electron chi connectivity index (χ1n) is 6.14. The molecule has 23 heavy (non-hydrogen) atoms. The second-order valence-electron chi connectivity index (χ2n) is 4.34. The Hall–Kier alpha value is -1.76. The molecular weight excluding hydrogens is 528 g/mol. The van der Waals surface area contributed by atoms with Gasteiger partial charge in [-0.05, 0) is 68.9 Å². The van der Waals surface area contributed by atoms with Crippen LogP contribution < -0.4 is 5.43 Å². The summed E-state index contributed by atoms with van der Waals surface area (Å²) in [5.74, 6) is -0.350. The van der Waals surface area contributed by atoms with Crippen LogP contribution in [0.5, 0.6) is 5.75 Å². The number of nitro groups is 1. The van der Waals surface area contributed by atoms with Crippen molar-refractivity contribution in [3.63, 3.8) is 0 Å². The average Bonchev–Trinajstić information content (AvgIpc) is 2.52. The van der Waals surface area contributed by atoms with Crippen LogP contribution in [0, 0.1) is 17.3 Å². The van der Waals surface area contributed by atoms with E-state index in [0.717, 1.165) is 0 Å². The molecule has 2 aromatic rings. The molecule has 0 bridgehead atoms. The molecule has 0 spiro atoms. The lowest BCUT2D eigenvalue weighted by atomic mass is 10.2. The van der Waals surface area contributed by atoms with E-state index in [2.05, 4.69) is 10.5 Å². The van der Waals surface area contributed by atoms with E-state index in [1.807, 2.05) is 45.2 Å². The number of carbonyl (C=O) groups is 1. The highest BCUT2D eigenvalue weighted by Crippen LogP contribution is 2.26. The summed E-state index contributed by atoms with van der Waals surface area (Å²) < 4.78 is 1.34. The molecule has 2 rings (SSSR count). The molecule has 0 fully saturated rings. The van der Waals surface area contributed by atoms with Crippen LogP contribution in [-0.2, 0) is 0 Å². The maximum Gasteiger partial charge on any atom is 0.271 e. The van der Waals surface area contributed by atoms with Gasteiger partial charge in [0.2, 0.25) is 0 Å². The summed E-state index contributed by atoms with van der Waals surface area (Å²) in [6.07, 6.45) is 1.43. The van der Waals surface area contributed by atoms with E-state index in [-0.39, 0.29) is 17.0 Å². The lowest BCUT2D eigenvalue weighted by Gasteiger charge is -2.02. The first kappa shape index (κ1) is 17.6. The number of nitrogens with zero attached hydrogens (tertiary/aromatic N) is 2. The fourth-order valence-corrected chi connectivity index (χ4v) is 3.47. The zero-order valence-corrected chi connectivity index (χ0v) is 15.7. The second kappa shape index (κ2) is 7.68. The number of halogens is 2. The number of hydrazone groups is 1. The van der Waals surface area contributed by atoms with Gasteiger partial charge in [-0.2, -0.15) is 5.10 Å². The molecule has 0 aliphatic rings. The molecule has 0 saturated heterocycles. The molecule has 0 aromatic heterocycles. The van der Waals surface area contributed by atoms with Gasteiger partial charge in [0.05, 0.1) is 18.3 Å². The van der Waals surface area contributed by atoms with Crippen molar-refractivity contribution in [1.29, 1.82) is 0 Å². The fraction of sp³-hybridized carbons (Fsp3) is 0. The van der Waals surface area contributed by atoms with E-state index in [1.54, 1.807) is 12.1 Å². The molecule has 2 aromatic carbocycles. The molecule has 1 amide bonds. The van der Waals surface area contributed by atoms with Crippen molar-refractivity contribution in [3.05, 3.63) is 64.8 Å². The van der Waals surface area contributed by atoms with Crippen LogP contribution in [0.2, 0.25) is 0 Å². The van der Waals surface area contributed by atoms with Crippen molar-refractivity contribution in [2.24, 2.45) is 5.10 Å². The number of nitro benzene ring substituents is 1. The number of benzene rings is 2. The number of phenols is 1. The Balaban J connectivity index is 2.10. The van der Waals surface area contributed by atoms with E-state index in [0.29, 0.717) is 12.7 Å². The molecule has 0 heterocycles. The highest BCUT2D eigenvalue weighted by Gasteiger charge is 2.10. The molecule has 7 nitrogen and oxygen atoms in total. The van der Waals surface area contributed by atoms with Gasteiger partial charge in [-0.15, -0.1) is 0 Å². The Bertz CT molecular complexity index is 785. The van der Waals surface area contributed by atoms with Gasteiger partial charge < -0.3 is 5.11 Å². The van der Waals surface area contributed by atoms with E-state index in [1.165, 1.54) is 30.5 Å². The zero-order chi connectivity index (χ0) is 17.0.